The molecule has 0 saturated heterocycles. The molecule has 0 radical (unpaired) electrons. The molecule has 1 heterocycles. The molecular formula is C12H18N2O3. The van der Waals surface area contributed by atoms with Crippen LogP contribution in [-0.2, 0) is 11.2 Å². The van der Waals surface area contributed by atoms with Gasteiger partial charge in [0.1, 0.15) is 0 Å². The summed E-state index contributed by atoms with van der Waals surface area (Å²) < 4.78 is 5.56. The summed E-state index contributed by atoms with van der Waals surface area (Å²) >= 11 is 0. The third-order valence-electron chi connectivity index (χ3n) is 3.34. The highest BCUT2D eigenvalue weighted by molar-refractivity contribution is 5.69. The minimum absolute atomic E-state index is 0.315. The van der Waals surface area contributed by atoms with Crippen LogP contribution < -0.4 is 0 Å². The lowest BCUT2D eigenvalue weighted by molar-refractivity contribution is -0.141. The highest BCUT2D eigenvalue weighted by atomic mass is 16.4. The second kappa shape index (κ2) is 5.29. The predicted molar refractivity (Wildman–Crippen MR) is 60.6 cm³/mol. The van der Waals surface area contributed by atoms with Gasteiger partial charge < -0.3 is 9.52 Å². The van der Waals surface area contributed by atoms with Crippen LogP contribution in [-0.4, -0.2) is 21.3 Å². The smallest absolute Gasteiger partial charge is 0.306 e. The lowest BCUT2D eigenvalue weighted by Crippen LogP contribution is -2.12. The average molecular weight is 238 g/mol. The Labute approximate surface area is 100 Å². The molecule has 5 nitrogen and oxygen atoms in total. The Bertz CT molecular complexity index is 383. The van der Waals surface area contributed by atoms with Crippen LogP contribution in [0, 0.1) is 5.92 Å². The van der Waals surface area contributed by atoms with Gasteiger partial charge in [-0.3, -0.25) is 4.79 Å². The number of nitrogens with zero attached hydrogens (tertiary/aromatic N) is 2. The molecule has 1 aromatic heterocycles. The summed E-state index contributed by atoms with van der Waals surface area (Å²) in [6, 6.07) is 0. The van der Waals surface area contributed by atoms with Crippen molar-refractivity contribution in [2.45, 2.75) is 51.4 Å². The monoisotopic (exact) mass is 238 g/mol. The molecule has 1 fully saturated rings. The molecule has 0 spiro atoms. The van der Waals surface area contributed by atoms with E-state index < -0.39 is 11.9 Å². The first-order valence-electron chi connectivity index (χ1n) is 6.22. The van der Waals surface area contributed by atoms with Gasteiger partial charge in [-0.15, -0.1) is 10.2 Å². The summed E-state index contributed by atoms with van der Waals surface area (Å²) in [5, 5.41) is 16.8. The van der Waals surface area contributed by atoms with Crippen LogP contribution in [0.25, 0.3) is 0 Å². The van der Waals surface area contributed by atoms with Gasteiger partial charge in [0.25, 0.3) is 0 Å². The topological polar surface area (TPSA) is 76.2 Å². The van der Waals surface area contributed by atoms with Gasteiger partial charge in [-0.1, -0.05) is 26.2 Å². The lowest BCUT2D eigenvalue weighted by atomic mass is 9.89. The van der Waals surface area contributed by atoms with Crippen LogP contribution in [0.5, 0.6) is 0 Å². The number of carboxylic acids is 1. The molecule has 1 atom stereocenters. The van der Waals surface area contributed by atoms with Gasteiger partial charge in [0.15, 0.2) is 0 Å². The Morgan fingerprint density at radius 2 is 2.12 bits per heavy atom. The van der Waals surface area contributed by atoms with Crippen LogP contribution >= 0.6 is 0 Å². The Morgan fingerprint density at radius 1 is 1.41 bits per heavy atom. The maximum Gasteiger partial charge on any atom is 0.306 e. The molecule has 2 rings (SSSR count). The van der Waals surface area contributed by atoms with E-state index in [0.29, 0.717) is 24.1 Å². The van der Waals surface area contributed by atoms with Gasteiger partial charge in [-0.05, 0) is 12.8 Å². The maximum absolute atomic E-state index is 10.7. The highest BCUT2D eigenvalue weighted by Crippen LogP contribution is 2.31. The Balaban J connectivity index is 1.97. The van der Waals surface area contributed by atoms with Gasteiger partial charge in [0.05, 0.1) is 5.92 Å². The van der Waals surface area contributed by atoms with Crippen molar-refractivity contribution in [2.24, 2.45) is 5.92 Å². The van der Waals surface area contributed by atoms with E-state index in [0.717, 1.165) is 12.8 Å². The first-order valence-corrected chi connectivity index (χ1v) is 6.22. The van der Waals surface area contributed by atoms with Gasteiger partial charge in [0.2, 0.25) is 11.8 Å². The first kappa shape index (κ1) is 12.1. The van der Waals surface area contributed by atoms with E-state index in [9.17, 15) is 4.79 Å². The van der Waals surface area contributed by atoms with E-state index in [4.69, 9.17) is 9.52 Å². The summed E-state index contributed by atoms with van der Waals surface area (Å²) in [5.41, 5.74) is 0. The number of hydrogen-bond acceptors (Lipinski definition) is 4. The summed E-state index contributed by atoms with van der Waals surface area (Å²) in [6.07, 6.45) is 6.25. The second-order valence-corrected chi connectivity index (χ2v) is 4.81. The van der Waals surface area contributed by atoms with Crippen molar-refractivity contribution in [2.75, 3.05) is 0 Å². The van der Waals surface area contributed by atoms with Crippen LogP contribution in [0.1, 0.15) is 56.7 Å². The molecule has 17 heavy (non-hydrogen) atoms. The molecule has 1 saturated carbocycles. The molecule has 0 amide bonds. The highest BCUT2D eigenvalue weighted by Gasteiger charge is 2.22. The zero-order valence-electron chi connectivity index (χ0n) is 10.1. The van der Waals surface area contributed by atoms with Gasteiger partial charge in [-0.2, -0.15) is 0 Å². The van der Waals surface area contributed by atoms with Crippen molar-refractivity contribution in [3.63, 3.8) is 0 Å². The van der Waals surface area contributed by atoms with E-state index in [1.54, 1.807) is 6.92 Å². The van der Waals surface area contributed by atoms with Gasteiger partial charge in [0, 0.05) is 12.3 Å². The lowest BCUT2D eigenvalue weighted by Gasteiger charge is -2.17. The molecule has 1 unspecified atom stereocenters. The zero-order valence-corrected chi connectivity index (χ0v) is 10.1. The predicted octanol–water partition coefficient (Wildman–Crippen LogP) is 2.38. The molecule has 0 aromatic carbocycles. The molecule has 1 aromatic rings. The Hall–Kier alpha value is -1.39. The van der Waals surface area contributed by atoms with Crippen molar-refractivity contribution in [1.82, 2.24) is 10.2 Å². The SMILES string of the molecule is CC(Cc1nnc(C2CCCCC2)o1)C(=O)O. The van der Waals surface area contributed by atoms with Crippen molar-refractivity contribution in [3.05, 3.63) is 11.8 Å². The quantitative estimate of drug-likeness (QED) is 0.871. The second-order valence-electron chi connectivity index (χ2n) is 4.81. The van der Waals surface area contributed by atoms with Crippen LogP contribution in [0.3, 0.4) is 0 Å². The van der Waals surface area contributed by atoms with Crippen molar-refractivity contribution in [1.29, 1.82) is 0 Å². The van der Waals surface area contributed by atoms with E-state index in [-0.39, 0.29) is 0 Å². The molecule has 1 N–H and O–H groups in total. The number of rotatable bonds is 4. The molecule has 5 heteroatoms. The summed E-state index contributed by atoms with van der Waals surface area (Å²) in [4.78, 5) is 10.7. The Morgan fingerprint density at radius 3 is 2.76 bits per heavy atom. The largest absolute Gasteiger partial charge is 0.481 e. The fourth-order valence-corrected chi connectivity index (χ4v) is 2.21. The number of carbonyl (C=O) groups is 1. The normalized spacial score (nSPS) is 19.1. The summed E-state index contributed by atoms with van der Waals surface area (Å²) in [6.45, 7) is 1.65. The number of hydrogen-bond donors (Lipinski definition) is 1. The molecule has 0 bridgehead atoms. The van der Waals surface area contributed by atoms with Crippen molar-refractivity contribution < 1.29 is 14.3 Å². The maximum atomic E-state index is 10.7. The molecule has 94 valence electrons. The van der Waals surface area contributed by atoms with Crippen molar-refractivity contribution in [3.8, 4) is 0 Å². The average Bonchev–Trinajstić information content (AvgIpc) is 2.78. The first-order chi connectivity index (χ1) is 8.16. The van der Waals surface area contributed by atoms with Gasteiger partial charge >= 0.3 is 5.97 Å². The van der Waals surface area contributed by atoms with Crippen molar-refractivity contribution >= 4 is 5.97 Å². The van der Waals surface area contributed by atoms with Gasteiger partial charge in [-0.25, -0.2) is 0 Å². The summed E-state index contributed by atoms with van der Waals surface area (Å²) in [7, 11) is 0. The minimum atomic E-state index is -0.831. The van der Waals surface area contributed by atoms with E-state index >= 15 is 0 Å². The third kappa shape index (κ3) is 3.05. The van der Waals surface area contributed by atoms with E-state index in [1.165, 1.54) is 19.3 Å². The standard InChI is InChI=1S/C12H18N2O3/c1-8(12(15)16)7-10-13-14-11(17-10)9-5-3-2-4-6-9/h8-9H,2-7H2,1H3,(H,15,16). The van der Waals surface area contributed by atoms with Crippen LogP contribution in [0.15, 0.2) is 4.42 Å². The minimum Gasteiger partial charge on any atom is -0.481 e. The molecule has 0 aliphatic heterocycles. The zero-order chi connectivity index (χ0) is 12.3. The van der Waals surface area contributed by atoms with Crippen LogP contribution in [0.2, 0.25) is 0 Å². The fourth-order valence-electron chi connectivity index (χ4n) is 2.21. The summed E-state index contributed by atoms with van der Waals surface area (Å²) in [5.74, 6) is 0.208. The Kier molecular flexibility index (Phi) is 3.76. The molecule has 1 aliphatic rings. The third-order valence-corrected chi connectivity index (χ3v) is 3.34. The number of aromatic nitrogens is 2. The van der Waals surface area contributed by atoms with E-state index in [2.05, 4.69) is 10.2 Å². The molecular weight excluding hydrogens is 220 g/mol. The fraction of sp³-hybridized carbons (Fsp3) is 0.750. The molecule has 1 aliphatic carbocycles. The number of carboxylic acid groups (broad SMARTS) is 1. The van der Waals surface area contributed by atoms with Crippen LogP contribution in [0.4, 0.5) is 0 Å². The van der Waals surface area contributed by atoms with E-state index in [1.807, 2.05) is 0 Å². The number of aliphatic carboxylic acids is 1.